The first-order valence-electron chi connectivity index (χ1n) is 15.3. The lowest BCUT2D eigenvalue weighted by atomic mass is 9.83. The van der Waals surface area contributed by atoms with Crippen LogP contribution in [0, 0.1) is 17.2 Å². The van der Waals surface area contributed by atoms with Crippen LogP contribution in [0.3, 0.4) is 0 Å². The molecule has 0 radical (unpaired) electrons. The van der Waals surface area contributed by atoms with Gasteiger partial charge in [-0.2, -0.15) is 10.4 Å². The number of carbonyl (C=O) groups is 1. The Labute approximate surface area is 261 Å². The molecule has 1 saturated carbocycles. The van der Waals surface area contributed by atoms with Gasteiger partial charge in [0, 0.05) is 49.1 Å². The monoisotopic (exact) mass is 615 g/mol. The van der Waals surface area contributed by atoms with Crippen LogP contribution >= 0.6 is 0 Å². The minimum Gasteiger partial charge on any atom is -0.443 e. The molecule has 0 bridgehead atoms. The Hall–Kier alpha value is -3.75. The normalized spacial score (nSPS) is 18.6. The number of anilines is 3. The summed E-state index contributed by atoms with van der Waals surface area (Å²) in [5.74, 6) is 1.82. The van der Waals surface area contributed by atoms with Crippen LogP contribution in [0.2, 0.25) is 18.1 Å². The number of carbonyl (C=O) groups excluding carboxylic acids is 1. The Morgan fingerprint density at radius 1 is 1.18 bits per heavy atom. The average molecular weight is 616 g/mol. The Kier molecular flexibility index (Phi) is 8.14. The van der Waals surface area contributed by atoms with Crippen LogP contribution in [0.15, 0.2) is 36.7 Å². The summed E-state index contributed by atoms with van der Waals surface area (Å²) < 4.78 is 14.5. The number of nitriles is 1. The zero-order valence-corrected chi connectivity index (χ0v) is 28.5. The fraction of sp³-hybridized carbons (Fsp3) is 0.545. The number of hydrogen-bond donors (Lipinski definition) is 1. The van der Waals surface area contributed by atoms with Gasteiger partial charge in [0.15, 0.2) is 14.1 Å². The van der Waals surface area contributed by atoms with Crippen LogP contribution in [-0.4, -0.2) is 52.9 Å². The molecular formula is C33H45N7O3Si. The molecule has 2 aliphatic rings. The number of rotatable bonds is 8. The fourth-order valence-corrected chi connectivity index (χ4v) is 6.19. The van der Waals surface area contributed by atoms with E-state index in [1.807, 2.05) is 49.8 Å². The van der Waals surface area contributed by atoms with Crippen molar-refractivity contribution in [2.75, 3.05) is 23.4 Å². The van der Waals surface area contributed by atoms with Gasteiger partial charge in [0.1, 0.15) is 11.7 Å². The maximum Gasteiger partial charge on any atom is 0.414 e. The van der Waals surface area contributed by atoms with Crippen molar-refractivity contribution in [2.24, 2.45) is 5.92 Å². The molecule has 44 heavy (non-hydrogen) atoms. The molecule has 5 rings (SSSR count). The van der Waals surface area contributed by atoms with Crippen molar-refractivity contribution in [2.45, 2.75) is 97.0 Å². The van der Waals surface area contributed by atoms with Gasteiger partial charge in [-0.05, 0) is 81.4 Å². The molecule has 1 aliphatic heterocycles. The summed E-state index contributed by atoms with van der Waals surface area (Å²) in [6.45, 7) is 20.4. The van der Waals surface area contributed by atoms with Gasteiger partial charge in [-0.15, -0.1) is 0 Å². The highest BCUT2D eigenvalue weighted by Gasteiger charge is 2.47. The molecule has 1 aliphatic carbocycles. The highest BCUT2D eigenvalue weighted by atomic mass is 28.4. The minimum absolute atomic E-state index is 0.0212. The van der Waals surface area contributed by atoms with Crippen LogP contribution in [0.1, 0.15) is 72.4 Å². The van der Waals surface area contributed by atoms with Gasteiger partial charge >= 0.3 is 6.09 Å². The van der Waals surface area contributed by atoms with E-state index in [2.05, 4.69) is 62.3 Å². The molecule has 1 amide bonds. The number of ether oxygens (including phenoxy) is 1. The lowest BCUT2D eigenvalue weighted by Crippen LogP contribution is -2.46. The van der Waals surface area contributed by atoms with Crippen molar-refractivity contribution in [3.8, 4) is 17.3 Å². The van der Waals surface area contributed by atoms with Gasteiger partial charge in [0.25, 0.3) is 0 Å². The molecule has 11 heteroatoms. The van der Waals surface area contributed by atoms with Crippen LogP contribution in [0.25, 0.3) is 11.3 Å². The standard InChI is InChI=1S/C33H45N7O3Si/c1-31(2,3)43-30(41)40-20-33(7,21-42-44(8,9)32(4,5)6)25-17-23(16-24(18-34)28(25)40)26-12-14-35-29(36-26)37-27-13-15-39(38-27)19-22-10-11-22/h12-17,22H,10-11,19-21H2,1-9H3,(H,35,36,37,38)/t33-/m1/s1. The second-order valence-electron chi connectivity index (χ2n) is 15.0. The molecule has 2 aromatic heterocycles. The van der Waals surface area contributed by atoms with Crippen molar-refractivity contribution in [1.82, 2.24) is 19.7 Å². The first-order chi connectivity index (χ1) is 20.5. The highest BCUT2D eigenvalue weighted by molar-refractivity contribution is 6.74. The largest absolute Gasteiger partial charge is 0.443 e. The number of nitrogens with zero attached hydrogens (tertiary/aromatic N) is 6. The summed E-state index contributed by atoms with van der Waals surface area (Å²) in [6.07, 6.45) is 5.70. The summed E-state index contributed by atoms with van der Waals surface area (Å²) in [6, 6.07) is 9.90. The first-order valence-corrected chi connectivity index (χ1v) is 18.3. The third-order valence-corrected chi connectivity index (χ3v) is 13.3. The van der Waals surface area contributed by atoms with Gasteiger partial charge in [-0.1, -0.05) is 27.7 Å². The summed E-state index contributed by atoms with van der Waals surface area (Å²) >= 11 is 0. The molecule has 3 aromatic rings. The Morgan fingerprint density at radius 3 is 2.55 bits per heavy atom. The first kappa shape index (κ1) is 31.7. The predicted octanol–water partition coefficient (Wildman–Crippen LogP) is 7.40. The van der Waals surface area contributed by atoms with Gasteiger partial charge in [0.2, 0.25) is 5.95 Å². The molecular weight excluding hydrogens is 570 g/mol. The molecule has 0 unspecified atom stereocenters. The van der Waals surface area contributed by atoms with E-state index in [1.54, 1.807) is 17.2 Å². The van der Waals surface area contributed by atoms with Crippen molar-refractivity contribution in [3.63, 3.8) is 0 Å². The van der Waals surface area contributed by atoms with E-state index < -0.39 is 25.4 Å². The Bertz CT molecular complexity index is 1590. The summed E-state index contributed by atoms with van der Waals surface area (Å²) in [5.41, 5.74) is 1.97. The fourth-order valence-electron chi connectivity index (χ4n) is 5.07. The van der Waals surface area contributed by atoms with Gasteiger partial charge < -0.3 is 14.5 Å². The van der Waals surface area contributed by atoms with E-state index >= 15 is 0 Å². The van der Waals surface area contributed by atoms with Crippen LogP contribution in [0.4, 0.5) is 22.2 Å². The second-order valence-corrected chi connectivity index (χ2v) is 19.8. The van der Waals surface area contributed by atoms with E-state index in [-0.39, 0.29) is 5.04 Å². The second kappa shape index (κ2) is 11.3. The number of hydrogen-bond acceptors (Lipinski definition) is 8. The van der Waals surface area contributed by atoms with Gasteiger partial charge in [-0.25, -0.2) is 14.8 Å². The highest BCUT2D eigenvalue weighted by Crippen LogP contribution is 2.47. The molecule has 1 atom stereocenters. The zero-order chi connectivity index (χ0) is 32.1. The molecule has 10 nitrogen and oxygen atoms in total. The third-order valence-electron chi connectivity index (χ3n) is 8.80. The van der Waals surface area contributed by atoms with E-state index in [9.17, 15) is 10.1 Å². The van der Waals surface area contributed by atoms with E-state index in [0.717, 1.165) is 23.6 Å². The number of benzene rings is 1. The van der Waals surface area contributed by atoms with Crippen LogP contribution in [-0.2, 0) is 21.1 Å². The Morgan fingerprint density at radius 2 is 1.91 bits per heavy atom. The van der Waals surface area contributed by atoms with Crippen LogP contribution in [0.5, 0.6) is 0 Å². The van der Waals surface area contributed by atoms with Gasteiger partial charge in [-0.3, -0.25) is 9.58 Å². The zero-order valence-electron chi connectivity index (χ0n) is 27.5. The molecule has 234 valence electrons. The van der Waals surface area contributed by atoms with Crippen molar-refractivity contribution >= 4 is 31.9 Å². The topological polar surface area (TPSA) is 118 Å². The number of nitrogens with one attached hydrogen (secondary N) is 1. The maximum absolute atomic E-state index is 13.5. The van der Waals surface area contributed by atoms with E-state index in [0.29, 0.717) is 41.9 Å². The molecule has 1 N–H and O–H groups in total. The molecule has 1 fully saturated rings. The summed E-state index contributed by atoms with van der Waals surface area (Å²) in [4.78, 5) is 24.3. The number of amides is 1. The van der Waals surface area contributed by atoms with Crippen molar-refractivity contribution < 1.29 is 14.0 Å². The van der Waals surface area contributed by atoms with E-state index in [1.165, 1.54) is 12.8 Å². The number of fused-ring (bicyclic) bond motifs is 1. The van der Waals surface area contributed by atoms with E-state index in [4.69, 9.17) is 14.1 Å². The molecule has 3 heterocycles. The molecule has 0 saturated heterocycles. The third kappa shape index (κ3) is 6.81. The minimum atomic E-state index is -2.11. The quantitative estimate of drug-likeness (QED) is 0.261. The predicted molar refractivity (Wildman–Crippen MR) is 174 cm³/mol. The number of aromatic nitrogens is 4. The van der Waals surface area contributed by atoms with Crippen molar-refractivity contribution in [1.29, 1.82) is 5.26 Å². The Balaban J connectivity index is 1.51. The summed E-state index contributed by atoms with van der Waals surface area (Å²) in [7, 11) is -2.11. The molecule has 0 spiro atoms. The lowest BCUT2D eigenvalue weighted by Gasteiger charge is -2.39. The van der Waals surface area contributed by atoms with Crippen LogP contribution < -0.4 is 10.2 Å². The average Bonchev–Trinajstić information content (AvgIpc) is 3.55. The summed E-state index contributed by atoms with van der Waals surface area (Å²) in [5, 5.41) is 18.2. The SMILES string of the molecule is CC(C)(C)OC(=O)N1C[C@](C)(CO[Si](C)(C)C(C)(C)C)c2cc(-c3ccnc(Nc4ccn(CC5CC5)n4)n3)cc(C#N)c21. The lowest BCUT2D eigenvalue weighted by molar-refractivity contribution is 0.0575. The van der Waals surface area contributed by atoms with Gasteiger partial charge in [0.05, 0.1) is 16.9 Å². The smallest absolute Gasteiger partial charge is 0.414 e. The van der Waals surface area contributed by atoms with Crippen molar-refractivity contribution in [3.05, 3.63) is 47.8 Å². The molecule has 1 aromatic carbocycles. The maximum atomic E-state index is 13.5.